The van der Waals surface area contributed by atoms with Crippen molar-refractivity contribution in [1.29, 1.82) is 0 Å². The molecule has 2 N–H and O–H groups in total. The van der Waals surface area contributed by atoms with E-state index in [9.17, 15) is 4.79 Å². The lowest BCUT2D eigenvalue weighted by molar-refractivity contribution is 0.240. The molecule has 1 aromatic heterocycles. The molecule has 0 aliphatic carbocycles. The SMILES string of the molecule is COc1ccc(CNC(=O)NCc2cc(-c3ccc(OC)cc3)ncn2)cc1. The molecule has 0 fully saturated rings. The topological polar surface area (TPSA) is 85.4 Å². The summed E-state index contributed by atoms with van der Waals surface area (Å²) in [6.45, 7) is 0.733. The number of rotatable bonds is 7. The van der Waals surface area contributed by atoms with Crippen molar-refractivity contribution in [3.8, 4) is 22.8 Å². The smallest absolute Gasteiger partial charge is 0.315 e. The quantitative estimate of drug-likeness (QED) is 0.660. The molecule has 7 nitrogen and oxygen atoms in total. The maximum Gasteiger partial charge on any atom is 0.315 e. The summed E-state index contributed by atoms with van der Waals surface area (Å²) in [7, 11) is 3.25. The van der Waals surface area contributed by atoms with Crippen LogP contribution in [0.3, 0.4) is 0 Å². The van der Waals surface area contributed by atoms with E-state index in [1.54, 1.807) is 14.2 Å². The Morgan fingerprint density at radius 2 is 1.46 bits per heavy atom. The molecule has 3 rings (SSSR count). The Morgan fingerprint density at radius 1 is 0.857 bits per heavy atom. The van der Waals surface area contributed by atoms with Crippen LogP contribution < -0.4 is 20.1 Å². The van der Waals surface area contributed by atoms with Gasteiger partial charge in [0, 0.05) is 12.1 Å². The minimum absolute atomic E-state index is 0.263. The fourth-order valence-electron chi connectivity index (χ4n) is 2.57. The number of benzene rings is 2. The zero-order valence-corrected chi connectivity index (χ0v) is 15.8. The van der Waals surface area contributed by atoms with Gasteiger partial charge in [-0.3, -0.25) is 0 Å². The Kier molecular flexibility index (Phi) is 6.41. The number of hydrogen-bond donors (Lipinski definition) is 2. The zero-order valence-electron chi connectivity index (χ0n) is 15.8. The molecule has 0 unspecified atom stereocenters. The predicted octanol–water partition coefficient (Wildman–Crippen LogP) is 3.16. The van der Waals surface area contributed by atoms with E-state index in [0.29, 0.717) is 13.1 Å². The van der Waals surface area contributed by atoms with Gasteiger partial charge in [0.15, 0.2) is 0 Å². The van der Waals surface area contributed by atoms with Crippen LogP contribution in [0.25, 0.3) is 11.3 Å². The molecule has 0 aliphatic heterocycles. The summed E-state index contributed by atoms with van der Waals surface area (Å²) < 4.78 is 10.3. The minimum atomic E-state index is -0.263. The minimum Gasteiger partial charge on any atom is -0.497 e. The largest absolute Gasteiger partial charge is 0.497 e. The second kappa shape index (κ2) is 9.36. The van der Waals surface area contributed by atoms with Gasteiger partial charge in [0.05, 0.1) is 32.2 Å². The Labute approximate surface area is 163 Å². The third-order valence-electron chi connectivity index (χ3n) is 4.15. The van der Waals surface area contributed by atoms with Crippen molar-refractivity contribution in [3.63, 3.8) is 0 Å². The first kappa shape index (κ1) is 19.2. The van der Waals surface area contributed by atoms with Gasteiger partial charge < -0.3 is 20.1 Å². The number of amides is 2. The van der Waals surface area contributed by atoms with Gasteiger partial charge in [-0.25, -0.2) is 14.8 Å². The molecule has 1 heterocycles. The Morgan fingerprint density at radius 3 is 2.11 bits per heavy atom. The molecule has 2 aromatic carbocycles. The van der Waals surface area contributed by atoms with Crippen LogP contribution in [-0.4, -0.2) is 30.2 Å². The molecule has 7 heteroatoms. The van der Waals surface area contributed by atoms with Crippen molar-refractivity contribution in [2.75, 3.05) is 14.2 Å². The average molecular weight is 378 g/mol. The number of nitrogens with one attached hydrogen (secondary N) is 2. The van der Waals surface area contributed by atoms with Crippen molar-refractivity contribution >= 4 is 6.03 Å². The van der Waals surface area contributed by atoms with Crippen LogP contribution in [0.4, 0.5) is 4.79 Å². The van der Waals surface area contributed by atoms with Gasteiger partial charge in [0.25, 0.3) is 0 Å². The first-order chi connectivity index (χ1) is 13.7. The number of carbonyl (C=O) groups excluding carboxylic acids is 1. The number of aromatic nitrogens is 2. The third-order valence-corrected chi connectivity index (χ3v) is 4.15. The lowest BCUT2D eigenvalue weighted by Crippen LogP contribution is -2.34. The van der Waals surface area contributed by atoms with Crippen LogP contribution in [0.1, 0.15) is 11.3 Å². The number of methoxy groups -OCH3 is 2. The molecule has 144 valence electrons. The summed E-state index contributed by atoms with van der Waals surface area (Å²) in [5, 5.41) is 5.62. The van der Waals surface area contributed by atoms with E-state index in [1.165, 1.54) is 6.33 Å². The second-order valence-electron chi connectivity index (χ2n) is 6.01. The zero-order chi connectivity index (χ0) is 19.8. The first-order valence-electron chi connectivity index (χ1n) is 8.78. The third kappa shape index (κ3) is 5.20. The van der Waals surface area contributed by atoms with E-state index in [0.717, 1.165) is 34.0 Å². The van der Waals surface area contributed by atoms with Crippen molar-refractivity contribution < 1.29 is 14.3 Å². The van der Waals surface area contributed by atoms with Gasteiger partial charge in [-0.2, -0.15) is 0 Å². The van der Waals surface area contributed by atoms with Crippen molar-refractivity contribution in [3.05, 3.63) is 72.2 Å². The average Bonchev–Trinajstić information content (AvgIpc) is 2.77. The number of nitrogens with zero attached hydrogens (tertiary/aromatic N) is 2. The van der Waals surface area contributed by atoms with Gasteiger partial charge in [-0.05, 0) is 48.0 Å². The van der Waals surface area contributed by atoms with Gasteiger partial charge in [-0.1, -0.05) is 12.1 Å². The highest BCUT2D eigenvalue weighted by Gasteiger charge is 2.05. The van der Waals surface area contributed by atoms with Crippen LogP contribution in [0, 0.1) is 0 Å². The monoisotopic (exact) mass is 378 g/mol. The molecule has 0 atom stereocenters. The van der Waals surface area contributed by atoms with Crippen molar-refractivity contribution in [2.45, 2.75) is 13.1 Å². The molecule has 0 bridgehead atoms. The fraction of sp³-hybridized carbons (Fsp3) is 0.190. The van der Waals surface area contributed by atoms with Crippen molar-refractivity contribution in [2.24, 2.45) is 0 Å². The van der Waals surface area contributed by atoms with E-state index in [-0.39, 0.29) is 6.03 Å². The van der Waals surface area contributed by atoms with Crippen LogP contribution in [-0.2, 0) is 13.1 Å². The molecule has 0 spiro atoms. The summed E-state index contributed by atoms with van der Waals surface area (Å²) in [6, 6.07) is 16.7. The molecular formula is C21H22N4O3. The number of carbonyl (C=O) groups is 1. The molecule has 0 radical (unpaired) electrons. The lowest BCUT2D eigenvalue weighted by atomic mass is 10.1. The lowest BCUT2D eigenvalue weighted by Gasteiger charge is -2.09. The van der Waals surface area contributed by atoms with E-state index < -0.39 is 0 Å². The predicted molar refractivity (Wildman–Crippen MR) is 106 cm³/mol. The van der Waals surface area contributed by atoms with Gasteiger partial charge in [0.2, 0.25) is 0 Å². The normalized spacial score (nSPS) is 10.2. The molecule has 0 aliphatic rings. The summed E-state index contributed by atoms with van der Waals surface area (Å²) in [5.74, 6) is 1.57. The van der Waals surface area contributed by atoms with Crippen LogP contribution in [0.15, 0.2) is 60.9 Å². The fourth-order valence-corrected chi connectivity index (χ4v) is 2.57. The maximum absolute atomic E-state index is 12.0. The second-order valence-corrected chi connectivity index (χ2v) is 6.01. The van der Waals surface area contributed by atoms with Crippen molar-refractivity contribution in [1.82, 2.24) is 20.6 Å². The summed E-state index contributed by atoms with van der Waals surface area (Å²) >= 11 is 0. The molecule has 3 aromatic rings. The van der Waals surface area contributed by atoms with Gasteiger partial charge >= 0.3 is 6.03 Å². The Hall–Kier alpha value is -3.61. The summed E-state index contributed by atoms with van der Waals surface area (Å²) in [6.07, 6.45) is 1.49. The van der Waals surface area contributed by atoms with E-state index in [2.05, 4.69) is 20.6 Å². The van der Waals surface area contributed by atoms with Gasteiger partial charge in [0.1, 0.15) is 17.8 Å². The Bertz CT molecular complexity index is 912. The highest BCUT2D eigenvalue weighted by atomic mass is 16.5. The summed E-state index contributed by atoms with van der Waals surface area (Å²) in [5.41, 5.74) is 3.45. The molecule has 2 amide bonds. The molecule has 0 saturated carbocycles. The van der Waals surface area contributed by atoms with E-state index in [1.807, 2.05) is 54.6 Å². The Balaban J connectivity index is 1.52. The number of ether oxygens (including phenoxy) is 2. The number of urea groups is 1. The van der Waals surface area contributed by atoms with Crippen LogP contribution in [0.5, 0.6) is 11.5 Å². The highest BCUT2D eigenvalue weighted by molar-refractivity contribution is 5.73. The standard InChI is InChI=1S/C21H22N4O3/c1-27-18-7-3-15(4-8-18)12-22-21(26)23-13-17-11-20(25-14-24-17)16-5-9-19(28-2)10-6-16/h3-11,14H,12-13H2,1-2H3,(H2,22,23,26). The molecular weight excluding hydrogens is 356 g/mol. The van der Waals surface area contributed by atoms with E-state index >= 15 is 0 Å². The summed E-state index contributed by atoms with van der Waals surface area (Å²) in [4.78, 5) is 20.5. The molecule has 0 saturated heterocycles. The highest BCUT2D eigenvalue weighted by Crippen LogP contribution is 2.20. The van der Waals surface area contributed by atoms with Gasteiger partial charge in [-0.15, -0.1) is 0 Å². The van der Waals surface area contributed by atoms with E-state index in [4.69, 9.17) is 9.47 Å². The number of hydrogen-bond acceptors (Lipinski definition) is 5. The van der Waals surface area contributed by atoms with Crippen LogP contribution >= 0.6 is 0 Å². The van der Waals surface area contributed by atoms with Crippen LogP contribution in [0.2, 0.25) is 0 Å². The first-order valence-corrected chi connectivity index (χ1v) is 8.78. The maximum atomic E-state index is 12.0. The molecule has 28 heavy (non-hydrogen) atoms.